The summed E-state index contributed by atoms with van der Waals surface area (Å²) in [6, 6.07) is 6.30. The standard InChI is InChI=1S/C14H19BrN2O/c1-11-2-3-12(13(15)10-11)4-5-14(18)17-8-6-16-7-9-17/h2-3,10,16H,4-9H2,1H3. The van der Waals surface area contributed by atoms with Gasteiger partial charge in [-0.25, -0.2) is 0 Å². The lowest BCUT2D eigenvalue weighted by atomic mass is 10.1. The van der Waals surface area contributed by atoms with Gasteiger partial charge < -0.3 is 10.2 Å². The number of carbonyl (C=O) groups is 1. The first kappa shape index (κ1) is 13.6. The summed E-state index contributed by atoms with van der Waals surface area (Å²) in [4.78, 5) is 14.0. The normalized spacial score (nSPS) is 15.8. The van der Waals surface area contributed by atoms with E-state index in [-0.39, 0.29) is 5.91 Å². The van der Waals surface area contributed by atoms with Gasteiger partial charge in [0.1, 0.15) is 0 Å². The summed E-state index contributed by atoms with van der Waals surface area (Å²) >= 11 is 3.56. The second-order valence-electron chi connectivity index (χ2n) is 4.73. The molecule has 1 saturated heterocycles. The zero-order valence-corrected chi connectivity index (χ0v) is 12.3. The summed E-state index contributed by atoms with van der Waals surface area (Å²) in [6.45, 7) is 5.59. The molecule has 1 heterocycles. The highest BCUT2D eigenvalue weighted by Crippen LogP contribution is 2.20. The van der Waals surface area contributed by atoms with Crippen LogP contribution in [0.4, 0.5) is 0 Å². The molecule has 0 unspecified atom stereocenters. The minimum atomic E-state index is 0.268. The zero-order valence-electron chi connectivity index (χ0n) is 10.7. The van der Waals surface area contributed by atoms with Crippen molar-refractivity contribution in [3.8, 4) is 0 Å². The van der Waals surface area contributed by atoms with Crippen LogP contribution in [0.5, 0.6) is 0 Å². The number of hydrogen-bond donors (Lipinski definition) is 1. The number of nitrogens with one attached hydrogen (secondary N) is 1. The van der Waals surface area contributed by atoms with Crippen LogP contribution < -0.4 is 5.32 Å². The Hall–Kier alpha value is -0.870. The number of piperazine rings is 1. The summed E-state index contributed by atoms with van der Waals surface area (Å²) in [6.07, 6.45) is 1.41. The maximum Gasteiger partial charge on any atom is 0.222 e. The summed E-state index contributed by atoms with van der Waals surface area (Å²) in [5, 5.41) is 3.26. The lowest BCUT2D eigenvalue weighted by molar-refractivity contribution is -0.131. The molecule has 0 spiro atoms. The van der Waals surface area contributed by atoms with Crippen molar-refractivity contribution in [1.82, 2.24) is 10.2 Å². The van der Waals surface area contributed by atoms with Crippen LogP contribution in [0.25, 0.3) is 0 Å². The smallest absolute Gasteiger partial charge is 0.222 e. The Balaban J connectivity index is 1.88. The Morgan fingerprint density at radius 3 is 2.78 bits per heavy atom. The van der Waals surface area contributed by atoms with E-state index in [9.17, 15) is 4.79 Å². The Morgan fingerprint density at radius 2 is 2.11 bits per heavy atom. The Labute approximate surface area is 117 Å². The first-order valence-corrected chi connectivity index (χ1v) is 7.19. The number of carbonyl (C=O) groups excluding carboxylic acids is 1. The van der Waals surface area contributed by atoms with Crippen molar-refractivity contribution in [3.63, 3.8) is 0 Å². The van der Waals surface area contributed by atoms with Crippen LogP contribution in [0.2, 0.25) is 0 Å². The number of benzene rings is 1. The van der Waals surface area contributed by atoms with Gasteiger partial charge in [0.25, 0.3) is 0 Å². The molecular weight excluding hydrogens is 292 g/mol. The summed E-state index contributed by atoms with van der Waals surface area (Å²) < 4.78 is 1.11. The highest BCUT2D eigenvalue weighted by atomic mass is 79.9. The predicted octanol–water partition coefficient (Wildman–Crippen LogP) is 2.12. The molecule has 98 valence electrons. The monoisotopic (exact) mass is 310 g/mol. The minimum absolute atomic E-state index is 0.268. The first-order chi connectivity index (χ1) is 8.66. The number of aryl methyl sites for hydroxylation is 2. The molecule has 0 radical (unpaired) electrons. The highest BCUT2D eigenvalue weighted by molar-refractivity contribution is 9.10. The fraction of sp³-hybridized carbons (Fsp3) is 0.500. The number of hydrogen-bond acceptors (Lipinski definition) is 2. The van der Waals surface area contributed by atoms with Crippen LogP contribution in [-0.4, -0.2) is 37.0 Å². The lowest BCUT2D eigenvalue weighted by Gasteiger charge is -2.27. The second kappa shape index (κ2) is 6.34. The Kier molecular flexibility index (Phi) is 4.78. The molecule has 2 rings (SSSR count). The van der Waals surface area contributed by atoms with E-state index in [1.165, 1.54) is 11.1 Å². The van der Waals surface area contributed by atoms with E-state index < -0.39 is 0 Å². The van der Waals surface area contributed by atoms with Crippen molar-refractivity contribution in [1.29, 1.82) is 0 Å². The molecular formula is C14H19BrN2O. The SMILES string of the molecule is Cc1ccc(CCC(=O)N2CCNCC2)c(Br)c1. The van der Waals surface area contributed by atoms with Gasteiger partial charge in [0, 0.05) is 37.1 Å². The topological polar surface area (TPSA) is 32.3 Å². The van der Waals surface area contributed by atoms with Crippen molar-refractivity contribution in [2.75, 3.05) is 26.2 Å². The first-order valence-electron chi connectivity index (χ1n) is 6.40. The molecule has 1 fully saturated rings. The number of rotatable bonds is 3. The van der Waals surface area contributed by atoms with Crippen molar-refractivity contribution < 1.29 is 4.79 Å². The molecule has 1 aliphatic rings. The molecule has 0 saturated carbocycles. The fourth-order valence-corrected chi connectivity index (χ4v) is 2.86. The molecule has 1 aromatic carbocycles. The van der Waals surface area contributed by atoms with Gasteiger partial charge in [0.2, 0.25) is 5.91 Å². The van der Waals surface area contributed by atoms with Gasteiger partial charge in [-0.15, -0.1) is 0 Å². The Morgan fingerprint density at radius 1 is 1.39 bits per heavy atom. The number of nitrogens with zero attached hydrogens (tertiary/aromatic N) is 1. The van der Waals surface area contributed by atoms with Gasteiger partial charge in [-0.3, -0.25) is 4.79 Å². The average Bonchev–Trinajstić information content (AvgIpc) is 2.38. The zero-order chi connectivity index (χ0) is 13.0. The summed E-state index contributed by atoms with van der Waals surface area (Å²) in [5.74, 6) is 0.268. The van der Waals surface area contributed by atoms with Gasteiger partial charge in [0.05, 0.1) is 0 Å². The van der Waals surface area contributed by atoms with E-state index >= 15 is 0 Å². The number of halogens is 1. The van der Waals surface area contributed by atoms with Crippen molar-refractivity contribution in [2.45, 2.75) is 19.8 Å². The second-order valence-corrected chi connectivity index (χ2v) is 5.58. The molecule has 1 amide bonds. The summed E-state index contributed by atoms with van der Waals surface area (Å²) in [7, 11) is 0. The van der Waals surface area contributed by atoms with Crippen molar-refractivity contribution in [2.24, 2.45) is 0 Å². The average molecular weight is 311 g/mol. The van der Waals surface area contributed by atoms with Crippen molar-refractivity contribution in [3.05, 3.63) is 33.8 Å². The third kappa shape index (κ3) is 3.56. The van der Waals surface area contributed by atoms with Gasteiger partial charge in [-0.2, -0.15) is 0 Å². The molecule has 0 aromatic heterocycles. The quantitative estimate of drug-likeness (QED) is 0.927. The van der Waals surface area contributed by atoms with Crippen LogP contribution in [-0.2, 0) is 11.2 Å². The molecule has 3 nitrogen and oxygen atoms in total. The largest absolute Gasteiger partial charge is 0.340 e. The maximum atomic E-state index is 12.0. The van der Waals surface area contributed by atoms with Crippen LogP contribution in [0, 0.1) is 6.92 Å². The van der Waals surface area contributed by atoms with Gasteiger partial charge in [-0.05, 0) is 30.5 Å². The molecule has 0 bridgehead atoms. The van der Waals surface area contributed by atoms with Crippen LogP contribution >= 0.6 is 15.9 Å². The molecule has 1 aliphatic heterocycles. The van der Waals surface area contributed by atoms with E-state index in [0.717, 1.165) is 37.1 Å². The molecule has 1 N–H and O–H groups in total. The third-order valence-corrected chi connectivity index (χ3v) is 4.02. The molecule has 1 aromatic rings. The van der Waals surface area contributed by atoms with E-state index in [1.54, 1.807) is 0 Å². The fourth-order valence-electron chi connectivity index (χ4n) is 2.17. The lowest BCUT2D eigenvalue weighted by Crippen LogP contribution is -2.46. The van der Waals surface area contributed by atoms with Gasteiger partial charge in [-0.1, -0.05) is 28.1 Å². The molecule has 0 aliphatic carbocycles. The van der Waals surface area contributed by atoms with Crippen LogP contribution in [0.3, 0.4) is 0 Å². The van der Waals surface area contributed by atoms with E-state index in [1.807, 2.05) is 4.90 Å². The Bertz CT molecular complexity index is 428. The summed E-state index contributed by atoms with van der Waals surface area (Å²) in [5.41, 5.74) is 2.45. The van der Waals surface area contributed by atoms with E-state index in [2.05, 4.69) is 46.4 Å². The van der Waals surface area contributed by atoms with Crippen molar-refractivity contribution >= 4 is 21.8 Å². The van der Waals surface area contributed by atoms with Crippen LogP contribution in [0.1, 0.15) is 17.5 Å². The number of amides is 1. The molecule has 0 atom stereocenters. The van der Waals surface area contributed by atoms with E-state index in [0.29, 0.717) is 6.42 Å². The minimum Gasteiger partial charge on any atom is -0.340 e. The molecule has 18 heavy (non-hydrogen) atoms. The predicted molar refractivity (Wildman–Crippen MR) is 76.6 cm³/mol. The third-order valence-electron chi connectivity index (χ3n) is 3.29. The van der Waals surface area contributed by atoms with Gasteiger partial charge >= 0.3 is 0 Å². The van der Waals surface area contributed by atoms with Crippen LogP contribution in [0.15, 0.2) is 22.7 Å². The van der Waals surface area contributed by atoms with Gasteiger partial charge in [0.15, 0.2) is 0 Å². The highest BCUT2D eigenvalue weighted by Gasteiger charge is 2.16. The van der Waals surface area contributed by atoms with E-state index in [4.69, 9.17) is 0 Å². The maximum absolute atomic E-state index is 12.0. The molecule has 4 heteroatoms.